The summed E-state index contributed by atoms with van der Waals surface area (Å²) in [4.78, 5) is 18.7. The molecule has 0 unspecified atom stereocenters. The molecule has 21 heavy (non-hydrogen) atoms. The summed E-state index contributed by atoms with van der Waals surface area (Å²) in [5.74, 6) is 0.101. The fourth-order valence-corrected chi connectivity index (χ4v) is 2.49. The first kappa shape index (κ1) is 15.7. The second-order valence-electron chi connectivity index (χ2n) is 3.89. The fourth-order valence-electron chi connectivity index (χ4n) is 1.57. The molecule has 1 aromatic carbocycles. The van der Waals surface area contributed by atoms with Crippen molar-refractivity contribution in [2.45, 2.75) is 6.61 Å². The van der Waals surface area contributed by atoms with Gasteiger partial charge in [-0.15, -0.1) is 0 Å². The van der Waals surface area contributed by atoms with Crippen LogP contribution in [0.4, 0.5) is 0 Å². The topological polar surface area (TPSA) is 81.5 Å². The van der Waals surface area contributed by atoms with Crippen molar-refractivity contribution in [2.24, 2.45) is 0 Å². The Morgan fingerprint density at radius 2 is 1.95 bits per heavy atom. The Morgan fingerprint density at radius 1 is 1.29 bits per heavy atom. The van der Waals surface area contributed by atoms with Crippen LogP contribution >= 0.6 is 31.9 Å². The number of benzene rings is 1. The maximum atomic E-state index is 11.1. The van der Waals surface area contributed by atoms with Crippen LogP contribution in [0.1, 0.15) is 16.1 Å². The van der Waals surface area contributed by atoms with Crippen LogP contribution in [0.5, 0.6) is 11.5 Å². The zero-order valence-corrected chi connectivity index (χ0v) is 14.0. The molecule has 0 aliphatic heterocycles. The minimum absolute atomic E-state index is 0.0150. The van der Waals surface area contributed by atoms with E-state index in [-0.39, 0.29) is 12.2 Å². The molecule has 2 aromatic rings. The molecular weight excluding hydrogens is 408 g/mol. The van der Waals surface area contributed by atoms with Crippen molar-refractivity contribution in [2.75, 3.05) is 7.11 Å². The van der Waals surface area contributed by atoms with Gasteiger partial charge in [0.2, 0.25) is 0 Å². The molecule has 0 radical (unpaired) electrons. The van der Waals surface area contributed by atoms with E-state index in [1.54, 1.807) is 19.2 Å². The van der Waals surface area contributed by atoms with E-state index in [2.05, 4.69) is 41.8 Å². The van der Waals surface area contributed by atoms with Gasteiger partial charge in [-0.2, -0.15) is 0 Å². The molecule has 0 saturated heterocycles. The van der Waals surface area contributed by atoms with Crippen molar-refractivity contribution >= 4 is 37.8 Å². The first-order chi connectivity index (χ1) is 10.0. The molecule has 0 atom stereocenters. The lowest BCUT2D eigenvalue weighted by Crippen LogP contribution is -2.08. The summed E-state index contributed by atoms with van der Waals surface area (Å²) < 4.78 is 12.2. The van der Waals surface area contributed by atoms with Crippen molar-refractivity contribution < 1.29 is 19.4 Å². The Kier molecular flexibility index (Phi) is 5.13. The van der Waals surface area contributed by atoms with E-state index in [1.807, 2.05) is 0 Å². The molecule has 1 N–H and O–H groups in total. The van der Waals surface area contributed by atoms with Gasteiger partial charge in [-0.3, -0.25) is 0 Å². The summed E-state index contributed by atoms with van der Waals surface area (Å²) in [5.41, 5.74) is 0.317. The van der Waals surface area contributed by atoms with Gasteiger partial charge in [0.15, 0.2) is 0 Å². The molecule has 6 nitrogen and oxygen atoms in total. The van der Waals surface area contributed by atoms with Crippen LogP contribution in [0.3, 0.4) is 0 Å². The lowest BCUT2D eigenvalue weighted by atomic mass is 10.2. The van der Waals surface area contributed by atoms with E-state index >= 15 is 0 Å². The highest BCUT2D eigenvalue weighted by atomic mass is 79.9. The summed E-state index contributed by atoms with van der Waals surface area (Å²) in [6.07, 6.45) is 2.52. The van der Waals surface area contributed by atoms with E-state index < -0.39 is 5.97 Å². The molecule has 0 spiro atoms. The van der Waals surface area contributed by atoms with Gasteiger partial charge in [-0.25, -0.2) is 14.8 Å². The minimum Gasteiger partial charge on any atom is -0.496 e. The van der Waals surface area contributed by atoms with Crippen LogP contribution in [0.2, 0.25) is 0 Å². The molecule has 2 rings (SSSR count). The SMILES string of the molecule is COc1cc(Br)c(OCc2ncncc2C(=O)O)cc1Br. The van der Waals surface area contributed by atoms with Crippen LogP contribution in [0.15, 0.2) is 33.6 Å². The highest BCUT2D eigenvalue weighted by Gasteiger charge is 2.13. The average Bonchev–Trinajstić information content (AvgIpc) is 2.47. The number of nitrogens with zero attached hydrogens (tertiary/aromatic N) is 2. The van der Waals surface area contributed by atoms with Crippen molar-refractivity contribution in [3.8, 4) is 11.5 Å². The lowest BCUT2D eigenvalue weighted by Gasteiger charge is -2.11. The second kappa shape index (κ2) is 6.86. The number of methoxy groups -OCH3 is 1. The van der Waals surface area contributed by atoms with Crippen molar-refractivity contribution in [3.05, 3.63) is 44.9 Å². The Morgan fingerprint density at radius 3 is 2.62 bits per heavy atom. The number of ether oxygens (including phenoxy) is 2. The van der Waals surface area contributed by atoms with Gasteiger partial charge in [0.1, 0.15) is 30.0 Å². The van der Waals surface area contributed by atoms with Gasteiger partial charge in [0.25, 0.3) is 0 Å². The van der Waals surface area contributed by atoms with Crippen LogP contribution in [-0.4, -0.2) is 28.2 Å². The lowest BCUT2D eigenvalue weighted by molar-refractivity contribution is 0.0692. The van der Waals surface area contributed by atoms with E-state index in [1.165, 1.54) is 12.5 Å². The average molecular weight is 418 g/mol. The predicted molar refractivity (Wildman–Crippen MR) is 81.7 cm³/mol. The number of aromatic nitrogens is 2. The maximum Gasteiger partial charge on any atom is 0.339 e. The normalized spacial score (nSPS) is 10.2. The van der Waals surface area contributed by atoms with Crippen LogP contribution in [0.25, 0.3) is 0 Å². The van der Waals surface area contributed by atoms with Crippen molar-refractivity contribution in [1.82, 2.24) is 9.97 Å². The van der Waals surface area contributed by atoms with E-state index in [9.17, 15) is 4.79 Å². The number of carbonyl (C=O) groups is 1. The largest absolute Gasteiger partial charge is 0.496 e. The van der Waals surface area contributed by atoms with Crippen LogP contribution < -0.4 is 9.47 Å². The van der Waals surface area contributed by atoms with Gasteiger partial charge >= 0.3 is 5.97 Å². The summed E-state index contributed by atoms with van der Waals surface area (Å²) in [5, 5.41) is 9.06. The number of carboxylic acid groups (broad SMARTS) is 1. The molecule has 0 bridgehead atoms. The molecule has 0 aliphatic carbocycles. The van der Waals surface area contributed by atoms with E-state index in [4.69, 9.17) is 14.6 Å². The highest BCUT2D eigenvalue weighted by molar-refractivity contribution is 9.11. The Bertz CT molecular complexity index is 679. The fraction of sp³-hybridized carbons (Fsp3) is 0.154. The van der Waals surface area contributed by atoms with Gasteiger partial charge in [-0.1, -0.05) is 0 Å². The molecular formula is C13H10Br2N2O4. The van der Waals surface area contributed by atoms with Crippen LogP contribution in [-0.2, 0) is 6.61 Å². The van der Waals surface area contributed by atoms with Gasteiger partial charge in [-0.05, 0) is 44.0 Å². The predicted octanol–water partition coefficient (Wildman–Crippen LogP) is 3.29. The molecule has 0 aliphatic rings. The smallest absolute Gasteiger partial charge is 0.339 e. The van der Waals surface area contributed by atoms with E-state index in [0.717, 1.165) is 4.47 Å². The standard InChI is InChI=1S/C13H10Br2N2O4/c1-20-11-2-9(15)12(3-8(11)14)21-5-10-7(13(18)19)4-16-6-17-10/h2-4,6H,5H2,1H3,(H,18,19). The summed E-state index contributed by atoms with van der Waals surface area (Å²) in [7, 11) is 1.56. The molecule has 0 amide bonds. The van der Waals surface area contributed by atoms with Crippen LogP contribution in [0, 0.1) is 0 Å². The number of hydrogen-bond donors (Lipinski definition) is 1. The highest BCUT2D eigenvalue weighted by Crippen LogP contribution is 2.36. The molecule has 8 heteroatoms. The number of carboxylic acids is 1. The van der Waals surface area contributed by atoms with Crippen molar-refractivity contribution in [1.29, 1.82) is 0 Å². The summed E-state index contributed by atoms with van der Waals surface area (Å²) >= 11 is 6.73. The number of aromatic carboxylic acids is 1. The maximum absolute atomic E-state index is 11.1. The van der Waals surface area contributed by atoms with Gasteiger partial charge in [0, 0.05) is 6.20 Å². The molecule has 1 aromatic heterocycles. The first-order valence-electron chi connectivity index (χ1n) is 5.71. The molecule has 1 heterocycles. The third-order valence-electron chi connectivity index (χ3n) is 2.60. The second-order valence-corrected chi connectivity index (χ2v) is 5.60. The Hall–Kier alpha value is -1.67. The zero-order chi connectivity index (χ0) is 15.4. The number of rotatable bonds is 5. The number of halogens is 2. The summed E-state index contributed by atoms with van der Waals surface area (Å²) in [6.45, 7) is 0.0154. The quantitative estimate of drug-likeness (QED) is 0.803. The third-order valence-corrected chi connectivity index (χ3v) is 3.84. The third kappa shape index (κ3) is 3.70. The monoisotopic (exact) mass is 416 g/mol. The summed E-state index contributed by atoms with van der Waals surface area (Å²) in [6, 6.07) is 3.47. The molecule has 0 fully saturated rings. The number of hydrogen-bond acceptors (Lipinski definition) is 5. The Labute approximate surface area is 137 Å². The van der Waals surface area contributed by atoms with E-state index in [0.29, 0.717) is 21.7 Å². The van der Waals surface area contributed by atoms with Gasteiger partial charge in [0.05, 0.1) is 21.7 Å². The molecule has 0 saturated carbocycles. The first-order valence-corrected chi connectivity index (χ1v) is 7.29. The van der Waals surface area contributed by atoms with Gasteiger partial charge < -0.3 is 14.6 Å². The molecule has 110 valence electrons. The van der Waals surface area contributed by atoms with Crippen molar-refractivity contribution in [3.63, 3.8) is 0 Å². The Balaban J connectivity index is 2.21. The zero-order valence-electron chi connectivity index (χ0n) is 10.8. The minimum atomic E-state index is -1.09.